The number of nitrogen functional groups attached to an aromatic ring is 1. The van der Waals surface area contributed by atoms with Crippen LogP contribution in [-0.4, -0.2) is 30.1 Å². The van der Waals surface area contributed by atoms with E-state index in [1.807, 2.05) is 0 Å². The Labute approximate surface area is 105 Å². The summed E-state index contributed by atoms with van der Waals surface area (Å²) in [5.41, 5.74) is 6.13. The zero-order valence-corrected chi connectivity index (χ0v) is 10.4. The number of rotatable bonds is 5. The largest absolute Gasteiger partial charge is 0.465 e. The number of hydrogen-bond donors (Lipinski definition) is 1. The molecule has 0 aliphatic rings. The maximum absolute atomic E-state index is 11.8. The average Bonchev–Trinajstić information content (AvgIpc) is 2.33. The van der Waals surface area contributed by atoms with Crippen molar-refractivity contribution in [2.75, 3.05) is 18.9 Å². The highest BCUT2D eigenvalue weighted by Gasteiger charge is 2.34. The summed E-state index contributed by atoms with van der Waals surface area (Å²) < 4.78 is 9.69. The van der Waals surface area contributed by atoms with E-state index in [4.69, 9.17) is 15.2 Å². The van der Waals surface area contributed by atoms with Gasteiger partial charge >= 0.3 is 11.9 Å². The second-order valence-corrected chi connectivity index (χ2v) is 3.41. The fraction of sp³-hybridized carbons (Fsp3) is 0.417. The van der Waals surface area contributed by atoms with Gasteiger partial charge in [-0.3, -0.25) is 14.6 Å². The van der Waals surface area contributed by atoms with Gasteiger partial charge in [-0.05, 0) is 26.0 Å². The van der Waals surface area contributed by atoms with Crippen LogP contribution in [0.5, 0.6) is 0 Å². The first-order chi connectivity index (χ1) is 8.61. The van der Waals surface area contributed by atoms with E-state index >= 15 is 0 Å². The van der Waals surface area contributed by atoms with E-state index in [2.05, 4.69) is 4.98 Å². The third kappa shape index (κ3) is 3.19. The molecule has 0 unspecified atom stereocenters. The van der Waals surface area contributed by atoms with E-state index in [0.29, 0.717) is 0 Å². The molecule has 2 N–H and O–H groups in total. The van der Waals surface area contributed by atoms with Gasteiger partial charge in [0.25, 0.3) is 0 Å². The number of ether oxygens (including phenoxy) is 2. The van der Waals surface area contributed by atoms with E-state index in [0.717, 1.165) is 0 Å². The lowest BCUT2D eigenvalue weighted by Gasteiger charge is -2.15. The van der Waals surface area contributed by atoms with Crippen molar-refractivity contribution in [3.05, 3.63) is 24.0 Å². The molecular formula is C12H16N2O4. The van der Waals surface area contributed by atoms with Crippen molar-refractivity contribution in [1.82, 2.24) is 4.98 Å². The molecule has 6 heteroatoms. The molecule has 0 aromatic carbocycles. The Morgan fingerprint density at radius 1 is 1.28 bits per heavy atom. The van der Waals surface area contributed by atoms with Crippen LogP contribution < -0.4 is 5.73 Å². The molecule has 1 aromatic rings. The summed E-state index contributed by atoms with van der Waals surface area (Å²) in [6.45, 7) is 3.65. The standard InChI is InChI=1S/C12H16N2O4/c1-3-17-11(15)9(12(16)18-4-2)10-8(13)6-5-7-14-10/h5-7,9H,3-4,13H2,1-2H3. The summed E-state index contributed by atoms with van der Waals surface area (Å²) in [5.74, 6) is -2.64. The van der Waals surface area contributed by atoms with Crippen LogP contribution in [0.15, 0.2) is 18.3 Å². The van der Waals surface area contributed by atoms with Gasteiger partial charge in [0.15, 0.2) is 5.92 Å². The molecule has 0 radical (unpaired) electrons. The maximum Gasteiger partial charge on any atom is 0.326 e. The number of carbonyl (C=O) groups excluding carboxylic acids is 2. The van der Waals surface area contributed by atoms with Crippen molar-refractivity contribution in [1.29, 1.82) is 0 Å². The number of hydrogen-bond acceptors (Lipinski definition) is 6. The van der Waals surface area contributed by atoms with E-state index in [9.17, 15) is 9.59 Å². The molecule has 0 saturated heterocycles. The molecule has 0 fully saturated rings. The summed E-state index contributed by atoms with van der Waals surface area (Å²) >= 11 is 0. The van der Waals surface area contributed by atoms with Gasteiger partial charge in [-0.1, -0.05) is 0 Å². The molecular weight excluding hydrogens is 236 g/mol. The first-order valence-corrected chi connectivity index (χ1v) is 5.65. The lowest BCUT2D eigenvalue weighted by Crippen LogP contribution is -2.27. The summed E-state index contributed by atoms with van der Waals surface area (Å²) in [6, 6.07) is 3.18. The number of aromatic nitrogens is 1. The predicted octanol–water partition coefficient (Wildman–Crippen LogP) is 0.874. The minimum Gasteiger partial charge on any atom is -0.465 e. The van der Waals surface area contributed by atoms with E-state index in [1.54, 1.807) is 26.0 Å². The third-order valence-corrected chi connectivity index (χ3v) is 2.19. The molecule has 1 rings (SSSR count). The van der Waals surface area contributed by atoms with Crippen LogP contribution in [0, 0.1) is 0 Å². The van der Waals surface area contributed by atoms with Gasteiger partial charge in [0.1, 0.15) is 0 Å². The van der Waals surface area contributed by atoms with E-state index in [1.165, 1.54) is 6.20 Å². The Balaban J connectivity index is 3.08. The molecule has 0 bridgehead atoms. The monoisotopic (exact) mass is 252 g/mol. The quantitative estimate of drug-likeness (QED) is 0.617. The van der Waals surface area contributed by atoms with Crippen LogP contribution in [0.2, 0.25) is 0 Å². The minimum atomic E-state index is -1.23. The lowest BCUT2D eigenvalue weighted by atomic mass is 10.0. The molecule has 1 aromatic heterocycles. The number of anilines is 1. The molecule has 18 heavy (non-hydrogen) atoms. The molecule has 0 amide bonds. The van der Waals surface area contributed by atoms with Crippen molar-refractivity contribution in [2.45, 2.75) is 19.8 Å². The van der Waals surface area contributed by atoms with Crippen LogP contribution >= 0.6 is 0 Å². The molecule has 0 aliphatic heterocycles. The van der Waals surface area contributed by atoms with Crippen molar-refractivity contribution in [2.24, 2.45) is 0 Å². The van der Waals surface area contributed by atoms with Gasteiger partial charge in [0.2, 0.25) is 0 Å². The Bertz CT molecular complexity index is 416. The summed E-state index contributed by atoms with van der Waals surface area (Å²) in [6.07, 6.45) is 1.46. The molecule has 1 heterocycles. The van der Waals surface area contributed by atoms with E-state index < -0.39 is 17.9 Å². The van der Waals surface area contributed by atoms with Crippen LogP contribution in [0.25, 0.3) is 0 Å². The number of esters is 2. The number of nitrogens with zero attached hydrogens (tertiary/aromatic N) is 1. The highest BCUT2D eigenvalue weighted by molar-refractivity contribution is 6.01. The fourth-order valence-electron chi connectivity index (χ4n) is 1.44. The van der Waals surface area contributed by atoms with Gasteiger partial charge in [-0.15, -0.1) is 0 Å². The maximum atomic E-state index is 11.8. The van der Waals surface area contributed by atoms with Crippen LogP contribution in [0.4, 0.5) is 5.69 Å². The number of pyridine rings is 1. The highest BCUT2D eigenvalue weighted by atomic mass is 16.6. The first kappa shape index (κ1) is 14.0. The molecule has 0 spiro atoms. The summed E-state index contributed by atoms with van der Waals surface area (Å²) in [5, 5.41) is 0. The Morgan fingerprint density at radius 2 is 1.83 bits per heavy atom. The molecule has 0 aliphatic carbocycles. The van der Waals surface area contributed by atoms with Crippen molar-refractivity contribution in [3.63, 3.8) is 0 Å². The van der Waals surface area contributed by atoms with Crippen molar-refractivity contribution >= 4 is 17.6 Å². The van der Waals surface area contributed by atoms with Crippen LogP contribution in [-0.2, 0) is 19.1 Å². The molecule has 0 saturated carbocycles. The Morgan fingerprint density at radius 3 is 2.28 bits per heavy atom. The Hall–Kier alpha value is -2.11. The third-order valence-electron chi connectivity index (χ3n) is 2.19. The molecule has 0 atom stereocenters. The van der Waals surface area contributed by atoms with E-state index in [-0.39, 0.29) is 24.6 Å². The SMILES string of the molecule is CCOC(=O)C(C(=O)OCC)c1ncccc1N. The summed E-state index contributed by atoms with van der Waals surface area (Å²) in [7, 11) is 0. The second kappa shape index (κ2) is 6.58. The molecule has 98 valence electrons. The van der Waals surface area contributed by atoms with Gasteiger partial charge in [0.05, 0.1) is 24.6 Å². The van der Waals surface area contributed by atoms with Crippen molar-refractivity contribution in [3.8, 4) is 0 Å². The minimum absolute atomic E-state index is 0.161. The summed E-state index contributed by atoms with van der Waals surface area (Å²) in [4.78, 5) is 27.5. The van der Waals surface area contributed by atoms with Crippen LogP contribution in [0.1, 0.15) is 25.5 Å². The number of carbonyl (C=O) groups is 2. The average molecular weight is 252 g/mol. The van der Waals surface area contributed by atoms with Gasteiger partial charge in [-0.2, -0.15) is 0 Å². The van der Waals surface area contributed by atoms with Gasteiger partial charge < -0.3 is 15.2 Å². The van der Waals surface area contributed by atoms with Crippen molar-refractivity contribution < 1.29 is 19.1 Å². The topological polar surface area (TPSA) is 91.5 Å². The lowest BCUT2D eigenvalue weighted by molar-refractivity contribution is -0.157. The van der Waals surface area contributed by atoms with Gasteiger partial charge in [-0.25, -0.2) is 0 Å². The number of nitrogens with two attached hydrogens (primary N) is 1. The van der Waals surface area contributed by atoms with Gasteiger partial charge in [0, 0.05) is 6.20 Å². The predicted molar refractivity (Wildman–Crippen MR) is 64.7 cm³/mol. The smallest absolute Gasteiger partial charge is 0.326 e. The normalized spacial score (nSPS) is 10.2. The van der Waals surface area contributed by atoms with Crippen LogP contribution in [0.3, 0.4) is 0 Å². The Kier molecular flexibility index (Phi) is 5.10. The first-order valence-electron chi connectivity index (χ1n) is 5.65. The zero-order valence-electron chi connectivity index (χ0n) is 10.4. The molecule has 6 nitrogen and oxygen atoms in total. The zero-order chi connectivity index (χ0) is 13.5. The second-order valence-electron chi connectivity index (χ2n) is 3.41. The fourth-order valence-corrected chi connectivity index (χ4v) is 1.44. The highest BCUT2D eigenvalue weighted by Crippen LogP contribution is 2.22.